The van der Waals surface area contributed by atoms with Crippen LogP contribution in [0.15, 0.2) is 47.3 Å². The molecule has 0 aliphatic carbocycles. The molecular weight excluding hydrogens is 282 g/mol. The number of rotatable bonds is 4. The lowest BCUT2D eigenvalue weighted by molar-refractivity contribution is 0.310. The van der Waals surface area contributed by atoms with E-state index in [2.05, 4.69) is 15.1 Å². The quantitative estimate of drug-likeness (QED) is 0.618. The molecule has 0 saturated carbocycles. The van der Waals surface area contributed by atoms with Gasteiger partial charge in [0.25, 0.3) is 0 Å². The third-order valence-corrected chi connectivity index (χ3v) is 3.28. The molecule has 0 unspecified atom stereocenters. The summed E-state index contributed by atoms with van der Waals surface area (Å²) in [5.41, 5.74) is 7.64. The van der Waals surface area contributed by atoms with Gasteiger partial charge < -0.3 is 14.9 Å². The topological polar surface area (TPSA) is 91.5 Å². The summed E-state index contributed by atoms with van der Waals surface area (Å²) >= 11 is 0. The van der Waals surface area contributed by atoms with E-state index in [1.165, 1.54) is 0 Å². The molecule has 0 aliphatic heterocycles. The van der Waals surface area contributed by atoms with Crippen LogP contribution in [0.25, 0.3) is 28.1 Å². The lowest BCUT2D eigenvalue weighted by Gasteiger charge is -2.04. The molecular formula is C15H13N5O2. The molecule has 0 aliphatic rings. The highest BCUT2D eigenvalue weighted by Gasteiger charge is 2.13. The second kappa shape index (κ2) is 5.12. The van der Waals surface area contributed by atoms with E-state index < -0.39 is 0 Å². The molecule has 2 N–H and O–H groups in total. The van der Waals surface area contributed by atoms with Gasteiger partial charge >= 0.3 is 0 Å². The first-order chi connectivity index (χ1) is 10.8. The van der Waals surface area contributed by atoms with Crippen LogP contribution in [0.5, 0.6) is 5.88 Å². The molecule has 4 rings (SSSR count). The van der Waals surface area contributed by atoms with Gasteiger partial charge in [0.2, 0.25) is 5.88 Å². The van der Waals surface area contributed by atoms with Gasteiger partial charge in [-0.2, -0.15) is 0 Å². The Morgan fingerprint density at radius 3 is 3.05 bits per heavy atom. The number of nitrogens with zero attached hydrogens (tertiary/aromatic N) is 4. The van der Waals surface area contributed by atoms with Gasteiger partial charge in [-0.15, -0.1) is 5.10 Å². The van der Waals surface area contributed by atoms with Crippen molar-refractivity contribution in [1.82, 2.24) is 19.6 Å². The molecule has 7 heteroatoms. The summed E-state index contributed by atoms with van der Waals surface area (Å²) in [6.45, 7) is 0.853. The van der Waals surface area contributed by atoms with Crippen molar-refractivity contribution in [3.8, 4) is 17.3 Å². The van der Waals surface area contributed by atoms with Crippen LogP contribution in [0.2, 0.25) is 0 Å². The van der Waals surface area contributed by atoms with Crippen molar-refractivity contribution >= 4 is 16.6 Å². The van der Waals surface area contributed by atoms with Gasteiger partial charge in [-0.05, 0) is 18.2 Å². The maximum Gasteiger partial charge on any atom is 0.231 e. The highest BCUT2D eigenvalue weighted by molar-refractivity contribution is 5.81. The Balaban J connectivity index is 1.83. The minimum absolute atomic E-state index is 0.416. The Labute approximate surface area is 125 Å². The molecule has 0 amide bonds. The Hall–Kier alpha value is -2.93. The minimum atomic E-state index is 0.416. The van der Waals surface area contributed by atoms with Crippen molar-refractivity contribution in [1.29, 1.82) is 0 Å². The standard InChI is InChI=1S/C15H13N5O2/c16-4-6-21-15-2-1-14-18-8-11(20(14)19-15)12-7-10-3-5-17-9-13(10)22-12/h1-3,5,7-9H,4,6,16H2. The molecule has 0 bridgehead atoms. The van der Waals surface area contributed by atoms with E-state index in [1.54, 1.807) is 29.2 Å². The summed E-state index contributed by atoms with van der Waals surface area (Å²) in [5, 5.41) is 5.40. The van der Waals surface area contributed by atoms with Gasteiger partial charge in [0.1, 0.15) is 12.3 Å². The Bertz CT molecular complexity index is 910. The fourth-order valence-corrected chi connectivity index (χ4v) is 2.28. The van der Waals surface area contributed by atoms with E-state index in [0.717, 1.165) is 16.7 Å². The molecule has 7 nitrogen and oxygen atoms in total. The summed E-state index contributed by atoms with van der Waals surface area (Å²) in [7, 11) is 0. The number of aromatic nitrogens is 4. The van der Waals surface area contributed by atoms with Gasteiger partial charge in [0, 0.05) is 24.2 Å². The maximum atomic E-state index is 5.82. The van der Waals surface area contributed by atoms with Crippen LogP contribution in [0.1, 0.15) is 0 Å². The normalized spacial score (nSPS) is 11.3. The molecule has 110 valence electrons. The van der Waals surface area contributed by atoms with E-state index >= 15 is 0 Å². The summed E-state index contributed by atoms with van der Waals surface area (Å²) < 4.78 is 13.0. The van der Waals surface area contributed by atoms with Crippen LogP contribution >= 0.6 is 0 Å². The lowest BCUT2D eigenvalue weighted by Crippen LogP contribution is -2.12. The van der Waals surface area contributed by atoms with Gasteiger partial charge in [-0.1, -0.05) is 0 Å². The number of pyridine rings is 1. The van der Waals surface area contributed by atoms with Crippen LogP contribution in [0.4, 0.5) is 0 Å². The molecule has 0 saturated heterocycles. The second-order valence-electron chi connectivity index (χ2n) is 4.75. The van der Waals surface area contributed by atoms with Gasteiger partial charge in [0.15, 0.2) is 17.0 Å². The van der Waals surface area contributed by atoms with Gasteiger partial charge in [-0.25, -0.2) is 9.50 Å². The van der Waals surface area contributed by atoms with Crippen LogP contribution in [0, 0.1) is 0 Å². The first-order valence-electron chi connectivity index (χ1n) is 6.87. The van der Waals surface area contributed by atoms with Crippen molar-refractivity contribution in [2.75, 3.05) is 13.2 Å². The largest absolute Gasteiger partial charge is 0.475 e. The zero-order chi connectivity index (χ0) is 14.9. The second-order valence-corrected chi connectivity index (χ2v) is 4.75. The molecule has 22 heavy (non-hydrogen) atoms. The van der Waals surface area contributed by atoms with Crippen molar-refractivity contribution in [3.63, 3.8) is 0 Å². The molecule has 0 spiro atoms. The average Bonchev–Trinajstić information content (AvgIpc) is 3.15. The predicted octanol–water partition coefficient (Wildman–Crippen LogP) is 1.87. The van der Waals surface area contributed by atoms with Crippen LogP contribution in [-0.2, 0) is 0 Å². The molecule has 0 fully saturated rings. The average molecular weight is 295 g/mol. The predicted molar refractivity (Wildman–Crippen MR) is 80.5 cm³/mol. The number of furan rings is 1. The fraction of sp³-hybridized carbons (Fsp3) is 0.133. The molecule has 4 aromatic rings. The van der Waals surface area contributed by atoms with E-state index in [-0.39, 0.29) is 0 Å². The maximum absolute atomic E-state index is 5.82. The zero-order valence-electron chi connectivity index (χ0n) is 11.6. The molecule has 0 atom stereocenters. The summed E-state index contributed by atoms with van der Waals surface area (Å²) in [5.74, 6) is 1.17. The third kappa shape index (κ3) is 2.08. The van der Waals surface area contributed by atoms with Crippen molar-refractivity contribution in [2.45, 2.75) is 0 Å². The Morgan fingerprint density at radius 2 is 2.18 bits per heavy atom. The number of fused-ring (bicyclic) bond motifs is 2. The first-order valence-corrected chi connectivity index (χ1v) is 6.87. The minimum Gasteiger partial charge on any atom is -0.475 e. The fourth-order valence-electron chi connectivity index (χ4n) is 2.28. The van der Waals surface area contributed by atoms with Crippen molar-refractivity contribution in [2.24, 2.45) is 5.73 Å². The summed E-state index contributed by atoms with van der Waals surface area (Å²) in [4.78, 5) is 8.39. The number of ether oxygens (including phenoxy) is 1. The smallest absolute Gasteiger partial charge is 0.231 e. The van der Waals surface area contributed by atoms with Crippen molar-refractivity contribution in [3.05, 3.63) is 42.9 Å². The Kier molecular flexibility index (Phi) is 2.97. The van der Waals surface area contributed by atoms with Crippen LogP contribution < -0.4 is 10.5 Å². The summed E-state index contributed by atoms with van der Waals surface area (Å²) in [6.07, 6.45) is 5.14. The number of imidazole rings is 1. The van der Waals surface area contributed by atoms with Gasteiger partial charge in [0.05, 0.1) is 12.4 Å². The number of hydrogen-bond donors (Lipinski definition) is 1. The third-order valence-electron chi connectivity index (χ3n) is 3.28. The summed E-state index contributed by atoms with van der Waals surface area (Å²) in [6, 6.07) is 7.45. The zero-order valence-corrected chi connectivity index (χ0v) is 11.6. The van der Waals surface area contributed by atoms with E-state index in [9.17, 15) is 0 Å². The monoisotopic (exact) mass is 295 g/mol. The first kappa shape index (κ1) is 12.8. The lowest BCUT2D eigenvalue weighted by atomic mass is 10.3. The van der Waals surface area contributed by atoms with Crippen molar-refractivity contribution < 1.29 is 9.15 Å². The van der Waals surface area contributed by atoms with Crippen LogP contribution in [-0.4, -0.2) is 32.7 Å². The van der Waals surface area contributed by atoms with E-state index in [1.807, 2.05) is 18.2 Å². The van der Waals surface area contributed by atoms with E-state index in [4.69, 9.17) is 14.9 Å². The molecule has 0 aromatic carbocycles. The molecule has 4 heterocycles. The number of hydrogen-bond acceptors (Lipinski definition) is 6. The van der Waals surface area contributed by atoms with E-state index in [0.29, 0.717) is 30.4 Å². The molecule has 4 aromatic heterocycles. The highest BCUT2D eigenvalue weighted by atomic mass is 16.5. The SMILES string of the molecule is NCCOc1ccc2ncc(-c3cc4ccncc4o3)n2n1. The molecule has 0 radical (unpaired) electrons. The van der Waals surface area contributed by atoms with Crippen LogP contribution in [0.3, 0.4) is 0 Å². The Morgan fingerprint density at radius 1 is 1.23 bits per heavy atom. The van der Waals surface area contributed by atoms with Gasteiger partial charge in [-0.3, -0.25) is 4.98 Å². The highest BCUT2D eigenvalue weighted by Crippen LogP contribution is 2.27. The number of nitrogens with two attached hydrogens (primary N) is 1.